The summed E-state index contributed by atoms with van der Waals surface area (Å²) < 4.78 is 27.4. The normalized spacial score (nSPS) is 14.1. The number of urea groups is 1. The number of nitrogens with zero attached hydrogens (tertiary/aromatic N) is 2. The summed E-state index contributed by atoms with van der Waals surface area (Å²) in [6.07, 6.45) is 1.41. The lowest BCUT2D eigenvalue weighted by Gasteiger charge is -2.28. The van der Waals surface area contributed by atoms with Crippen molar-refractivity contribution in [3.8, 4) is 23.0 Å². The van der Waals surface area contributed by atoms with Crippen LogP contribution in [0, 0.1) is 10.1 Å². The van der Waals surface area contributed by atoms with Gasteiger partial charge in [0.1, 0.15) is 6.61 Å². The van der Waals surface area contributed by atoms with Gasteiger partial charge in [-0.3, -0.25) is 14.9 Å². The predicted molar refractivity (Wildman–Crippen MR) is 168 cm³/mol. The van der Waals surface area contributed by atoms with Gasteiger partial charge >= 0.3 is 12.0 Å². The van der Waals surface area contributed by atoms with E-state index in [1.165, 1.54) is 32.6 Å². The number of nitro benzene ring substituents is 1. The molecule has 15 nitrogen and oxygen atoms in total. The number of nitrogens with one attached hydrogen (secondary N) is 3. The van der Waals surface area contributed by atoms with Gasteiger partial charge in [-0.05, 0) is 60.9 Å². The maximum absolute atomic E-state index is 12.6. The van der Waals surface area contributed by atoms with E-state index in [2.05, 4.69) is 21.2 Å². The second kappa shape index (κ2) is 15.7. The number of ether oxygens (including phenoxy) is 5. The fraction of sp³-hybridized carbons (Fsp3) is 0.250. The van der Waals surface area contributed by atoms with Gasteiger partial charge in [0.05, 0.1) is 43.6 Å². The van der Waals surface area contributed by atoms with E-state index in [0.29, 0.717) is 33.9 Å². The average molecular weight is 648 g/mol. The first-order chi connectivity index (χ1) is 22.6. The predicted octanol–water partition coefficient (Wildman–Crippen LogP) is 3.91. The van der Waals surface area contributed by atoms with E-state index in [0.717, 1.165) is 0 Å². The van der Waals surface area contributed by atoms with Gasteiger partial charge in [-0.15, -0.1) is 0 Å². The number of hydrogen-bond acceptors (Lipinski definition) is 11. The van der Waals surface area contributed by atoms with E-state index < -0.39 is 35.5 Å². The average Bonchev–Trinajstić information content (AvgIpc) is 3.06. The molecule has 0 fully saturated rings. The summed E-state index contributed by atoms with van der Waals surface area (Å²) in [4.78, 5) is 47.8. The van der Waals surface area contributed by atoms with Crippen LogP contribution in [0.25, 0.3) is 0 Å². The SMILES string of the molecule is CCOC(=O)C1=C(C)NC(=O)N[C@@H]1c1ccc(OCC(=O)N/N=C\c2ccc(OCc3cccc([N+](=O)[O-])c3)c(OC)c2)c(OC)c1. The minimum Gasteiger partial charge on any atom is -0.493 e. The topological polar surface area (TPSA) is 189 Å². The number of esters is 1. The smallest absolute Gasteiger partial charge is 0.338 e. The second-order valence-corrected chi connectivity index (χ2v) is 9.91. The molecule has 0 aromatic heterocycles. The molecule has 1 aliphatic rings. The summed E-state index contributed by atoms with van der Waals surface area (Å²) in [5, 5.41) is 20.3. The number of hydrogen-bond donors (Lipinski definition) is 3. The Morgan fingerprint density at radius 2 is 1.72 bits per heavy atom. The Morgan fingerprint density at radius 1 is 1.00 bits per heavy atom. The molecule has 0 saturated heterocycles. The Kier molecular flexibility index (Phi) is 11.3. The van der Waals surface area contributed by atoms with E-state index in [1.54, 1.807) is 62.4 Å². The highest BCUT2D eigenvalue weighted by Gasteiger charge is 2.32. The van der Waals surface area contributed by atoms with Crippen LogP contribution in [-0.4, -0.2) is 56.5 Å². The van der Waals surface area contributed by atoms with Crippen molar-refractivity contribution < 1.29 is 43.0 Å². The number of benzene rings is 3. The van der Waals surface area contributed by atoms with Crippen LogP contribution < -0.4 is 35.0 Å². The zero-order chi connectivity index (χ0) is 33.9. The molecule has 0 saturated carbocycles. The van der Waals surface area contributed by atoms with Crippen molar-refractivity contribution in [3.05, 3.63) is 98.7 Å². The largest absolute Gasteiger partial charge is 0.493 e. The lowest BCUT2D eigenvalue weighted by molar-refractivity contribution is -0.384. The van der Waals surface area contributed by atoms with Gasteiger partial charge in [-0.25, -0.2) is 15.0 Å². The number of hydrazone groups is 1. The molecule has 3 N–H and O–H groups in total. The molecule has 1 heterocycles. The van der Waals surface area contributed by atoms with Gasteiger partial charge in [0.2, 0.25) is 0 Å². The Balaban J connectivity index is 1.35. The third-order valence-corrected chi connectivity index (χ3v) is 6.75. The molecule has 4 rings (SSSR count). The molecule has 1 atom stereocenters. The Bertz CT molecular complexity index is 1720. The third kappa shape index (κ3) is 8.75. The van der Waals surface area contributed by atoms with Crippen LogP contribution in [0.4, 0.5) is 10.5 Å². The molecule has 3 aromatic rings. The lowest BCUT2D eigenvalue weighted by atomic mass is 9.95. The number of carbonyl (C=O) groups is 3. The highest BCUT2D eigenvalue weighted by Crippen LogP contribution is 2.35. The molecule has 0 spiro atoms. The Hall–Kier alpha value is -6.12. The summed E-state index contributed by atoms with van der Waals surface area (Å²) in [6.45, 7) is 3.17. The number of allylic oxidation sites excluding steroid dienone is 1. The van der Waals surface area contributed by atoms with Crippen molar-refractivity contribution in [1.82, 2.24) is 16.1 Å². The number of carbonyl (C=O) groups excluding carboxylic acids is 3. The molecule has 0 radical (unpaired) electrons. The van der Waals surface area contributed by atoms with Crippen LogP contribution in [0.1, 0.15) is 36.6 Å². The van der Waals surface area contributed by atoms with Crippen LogP contribution >= 0.6 is 0 Å². The van der Waals surface area contributed by atoms with Crippen LogP contribution in [0.2, 0.25) is 0 Å². The summed E-state index contributed by atoms with van der Waals surface area (Å²) in [6, 6.07) is 14.7. The van der Waals surface area contributed by atoms with Gasteiger partial charge < -0.3 is 34.3 Å². The number of rotatable bonds is 14. The molecule has 0 bridgehead atoms. The first-order valence-corrected chi connectivity index (χ1v) is 14.3. The van der Waals surface area contributed by atoms with E-state index >= 15 is 0 Å². The van der Waals surface area contributed by atoms with Crippen LogP contribution in [0.15, 0.2) is 77.0 Å². The van der Waals surface area contributed by atoms with E-state index in [4.69, 9.17) is 23.7 Å². The molecule has 3 amide bonds. The third-order valence-electron chi connectivity index (χ3n) is 6.75. The highest BCUT2D eigenvalue weighted by molar-refractivity contribution is 5.95. The van der Waals surface area contributed by atoms with Crippen LogP contribution in [0.5, 0.6) is 23.0 Å². The highest BCUT2D eigenvalue weighted by atomic mass is 16.6. The minimum absolute atomic E-state index is 0.0309. The molecule has 15 heteroatoms. The first-order valence-electron chi connectivity index (χ1n) is 14.3. The molecule has 3 aromatic carbocycles. The number of non-ortho nitro benzene ring substituents is 1. The summed E-state index contributed by atoms with van der Waals surface area (Å²) in [5.41, 5.74) is 4.73. The van der Waals surface area contributed by atoms with Gasteiger partial charge in [-0.1, -0.05) is 18.2 Å². The molecular weight excluding hydrogens is 614 g/mol. The van der Waals surface area contributed by atoms with Crippen LogP contribution in [-0.2, 0) is 20.9 Å². The fourth-order valence-corrected chi connectivity index (χ4v) is 4.57. The molecule has 47 heavy (non-hydrogen) atoms. The van der Waals surface area contributed by atoms with Gasteiger partial charge in [0, 0.05) is 17.8 Å². The van der Waals surface area contributed by atoms with Gasteiger partial charge in [0.15, 0.2) is 29.6 Å². The van der Waals surface area contributed by atoms with Crippen molar-refractivity contribution in [2.45, 2.75) is 26.5 Å². The van der Waals surface area contributed by atoms with E-state index in [9.17, 15) is 24.5 Å². The Morgan fingerprint density at radius 3 is 2.45 bits per heavy atom. The monoisotopic (exact) mass is 647 g/mol. The number of amides is 3. The van der Waals surface area contributed by atoms with Crippen molar-refractivity contribution in [2.75, 3.05) is 27.4 Å². The standard InChI is InChI=1S/C32H33N5O10/c1-5-45-31(39)29-19(2)34-32(40)35-30(29)22-10-12-25(27(15-22)44-4)47-18-28(38)36-33-16-20-9-11-24(26(14-20)43-3)46-17-21-7-6-8-23(13-21)37(41)42/h6-16,30H,5,17-18H2,1-4H3,(H,36,38)(H2,34,35,40)/b33-16-/t30-/m1/s1. The molecular formula is C32H33N5O10. The van der Waals surface area contributed by atoms with E-state index in [-0.39, 0.29) is 36.0 Å². The minimum atomic E-state index is -0.796. The van der Waals surface area contributed by atoms with Crippen LogP contribution in [0.3, 0.4) is 0 Å². The van der Waals surface area contributed by atoms with Crippen molar-refractivity contribution in [1.29, 1.82) is 0 Å². The quantitative estimate of drug-likeness (QED) is 0.100. The summed E-state index contributed by atoms with van der Waals surface area (Å²) in [7, 11) is 2.89. The zero-order valence-corrected chi connectivity index (χ0v) is 26.0. The summed E-state index contributed by atoms with van der Waals surface area (Å²) >= 11 is 0. The second-order valence-electron chi connectivity index (χ2n) is 9.91. The molecule has 246 valence electrons. The van der Waals surface area contributed by atoms with Gasteiger partial charge in [0.25, 0.3) is 11.6 Å². The molecule has 0 unspecified atom stereocenters. The maximum Gasteiger partial charge on any atom is 0.338 e. The van der Waals surface area contributed by atoms with Crippen molar-refractivity contribution >= 4 is 29.8 Å². The van der Waals surface area contributed by atoms with Gasteiger partial charge in [-0.2, -0.15) is 5.10 Å². The van der Waals surface area contributed by atoms with Crippen molar-refractivity contribution in [2.24, 2.45) is 5.10 Å². The lowest BCUT2D eigenvalue weighted by Crippen LogP contribution is -2.45. The van der Waals surface area contributed by atoms with Crippen molar-refractivity contribution in [3.63, 3.8) is 0 Å². The first kappa shape index (κ1) is 33.8. The zero-order valence-electron chi connectivity index (χ0n) is 26.0. The number of methoxy groups -OCH3 is 2. The maximum atomic E-state index is 12.6. The Labute approximate surface area is 269 Å². The number of nitro groups is 1. The van der Waals surface area contributed by atoms with E-state index in [1.807, 2.05) is 0 Å². The molecule has 0 aliphatic carbocycles. The molecule has 1 aliphatic heterocycles. The fourth-order valence-electron chi connectivity index (χ4n) is 4.57. The summed E-state index contributed by atoms with van der Waals surface area (Å²) in [5.74, 6) is 0.213.